The highest BCUT2D eigenvalue weighted by atomic mass is 16.3. The SMILES string of the molecule is Cc1cc(C(=O)N/N=C\c2ccc(C(C)C)cc2)c(C)o1. The third kappa shape index (κ3) is 3.81. The van der Waals surface area contributed by atoms with E-state index in [9.17, 15) is 4.79 Å². The number of furan rings is 1. The Morgan fingerprint density at radius 2 is 1.90 bits per heavy atom. The third-order valence-electron chi connectivity index (χ3n) is 3.27. The topological polar surface area (TPSA) is 54.6 Å². The molecule has 0 atom stereocenters. The van der Waals surface area contributed by atoms with E-state index in [1.54, 1.807) is 19.2 Å². The number of carbonyl (C=O) groups is 1. The molecule has 0 radical (unpaired) electrons. The molecule has 1 amide bonds. The van der Waals surface area contributed by atoms with Crippen LogP contribution in [0.3, 0.4) is 0 Å². The Morgan fingerprint density at radius 3 is 2.43 bits per heavy atom. The average molecular weight is 284 g/mol. The summed E-state index contributed by atoms with van der Waals surface area (Å²) in [5, 5.41) is 3.98. The van der Waals surface area contributed by atoms with Gasteiger partial charge >= 0.3 is 0 Å². The summed E-state index contributed by atoms with van der Waals surface area (Å²) in [6.45, 7) is 7.87. The number of hydrogen-bond donors (Lipinski definition) is 1. The molecule has 21 heavy (non-hydrogen) atoms. The Balaban J connectivity index is 1.99. The van der Waals surface area contributed by atoms with E-state index in [2.05, 4.69) is 36.5 Å². The fourth-order valence-electron chi connectivity index (χ4n) is 2.05. The van der Waals surface area contributed by atoms with Crippen LogP contribution in [0.4, 0.5) is 0 Å². The maximum absolute atomic E-state index is 11.9. The van der Waals surface area contributed by atoms with Gasteiger partial charge in [0.25, 0.3) is 5.91 Å². The monoisotopic (exact) mass is 284 g/mol. The number of nitrogens with zero attached hydrogens (tertiary/aromatic N) is 1. The molecule has 4 nitrogen and oxygen atoms in total. The average Bonchev–Trinajstić information content (AvgIpc) is 2.78. The Bertz CT molecular complexity index is 652. The molecular formula is C17H20N2O2. The Hall–Kier alpha value is -2.36. The number of amides is 1. The van der Waals surface area contributed by atoms with E-state index in [0.717, 1.165) is 5.56 Å². The highest BCUT2D eigenvalue weighted by molar-refractivity contribution is 5.95. The summed E-state index contributed by atoms with van der Waals surface area (Å²) in [5.74, 6) is 1.55. The molecule has 0 fully saturated rings. The molecule has 0 spiro atoms. The molecule has 0 saturated heterocycles. The van der Waals surface area contributed by atoms with E-state index in [0.29, 0.717) is 23.0 Å². The van der Waals surface area contributed by atoms with Gasteiger partial charge in [-0.15, -0.1) is 0 Å². The minimum absolute atomic E-state index is 0.264. The second kappa shape index (κ2) is 6.39. The normalized spacial score (nSPS) is 11.3. The number of hydrogen-bond acceptors (Lipinski definition) is 3. The van der Waals surface area contributed by atoms with Crippen molar-refractivity contribution in [3.63, 3.8) is 0 Å². The van der Waals surface area contributed by atoms with Gasteiger partial charge < -0.3 is 4.42 Å². The first kappa shape index (κ1) is 15.0. The van der Waals surface area contributed by atoms with Crippen LogP contribution in [-0.4, -0.2) is 12.1 Å². The van der Waals surface area contributed by atoms with Gasteiger partial charge in [0.2, 0.25) is 0 Å². The zero-order valence-corrected chi connectivity index (χ0v) is 12.8. The van der Waals surface area contributed by atoms with Crippen LogP contribution >= 0.6 is 0 Å². The lowest BCUT2D eigenvalue weighted by Gasteiger charge is -2.04. The quantitative estimate of drug-likeness (QED) is 0.686. The Labute approximate surface area is 124 Å². The minimum Gasteiger partial charge on any atom is -0.466 e. The highest BCUT2D eigenvalue weighted by Crippen LogP contribution is 2.14. The summed E-state index contributed by atoms with van der Waals surface area (Å²) in [5.41, 5.74) is 5.25. The van der Waals surface area contributed by atoms with E-state index >= 15 is 0 Å². The molecule has 110 valence electrons. The second-order valence-corrected chi connectivity index (χ2v) is 5.35. The lowest BCUT2D eigenvalue weighted by molar-refractivity contribution is 0.0953. The molecule has 0 aliphatic rings. The molecule has 1 N–H and O–H groups in total. The standard InChI is InChI=1S/C17H20N2O2/c1-11(2)15-7-5-14(6-8-15)10-18-19-17(20)16-9-12(3)21-13(16)4/h5-11H,1-4H3,(H,19,20)/b18-10-. The van der Waals surface area contributed by atoms with Gasteiger partial charge in [-0.2, -0.15) is 5.10 Å². The number of nitrogens with one attached hydrogen (secondary N) is 1. The lowest BCUT2D eigenvalue weighted by atomic mass is 10.0. The van der Waals surface area contributed by atoms with Gasteiger partial charge in [-0.1, -0.05) is 38.1 Å². The molecule has 0 bridgehead atoms. The highest BCUT2D eigenvalue weighted by Gasteiger charge is 2.12. The molecule has 1 aromatic heterocycles. The Morgan fingerprint density at radius 1 is 1.24 bits per heavy atom. The first-order valence-corrected chi connectivity index (χ1v) is 6.97. The van der Waals surface area contributed by atoms with Crippen molar-refractivity contribution < 1.29 is 9.21 Å². The van der Waals surface area contributed by atoms with Crippen LogP contribution in [0.25, 0.3) is 0 Å². The van der Waals surface area contributed by atoms with Crippen molar-refractivity contribution in [3.8, 4) is 0 Å². The van der Waals surface area contributed by atoms with Gasteiger partial charge in [-0.3, -0.25) is 4.79 Å². The van der Waals surface area contributed by atoms with Crippen LogP contribution in [0.5, 0.6) is 0 Å². The Kier molecular flexibility index (Phi) is 4.58. The van der Waals surface area contributed by atoms with Gasteiger partial charge in [0.1, 0.15) is 11.5 Å². The van der Waals surface area contributed by atoms with Crippen molar-refractivity contribution >= 4 is 12.1 Å². The summed E-state index contributed by atoms with van der Waals surface area (Å²) in [7, 11) is 0. The fourth-order valence-corrected chi connectivity index (χ4v) is 2.05. The smallest absolute Gasteiger partial charge is 0.274 e. The van der Waals surface area contributed by atoms with Crippen molar-refractivity contribution in [1.29, 1.82) is 0 Å². The van der Waals surface area contributed by atoms with Gasteiger partial charge in [0.15, 0.2) is 0 Å². The van der Waals surface area contributed by atoms with E-state index in [-0.39, 0.29) is 5.91 Å². The minimum atomic E-state index is -0.264. The number of aryl methyl sites for hydroxylation is 2. The predicted molar refractivity (Wildman–Crippen MR) is 83.8 cm³/mol. The zero-order valence-electron chi connectivity index (χ0n) is 12.8. The van der Waals surface area contributed by atoms with Crippen molar-refractivity contribution in [2.24, 2.45) is 5.10 Å². The van der Waals surface area contributed by atoms with Crippen molar-refractivity contribution in [1.82, 2.24) is 5.43 Å². The molecule has 0 unspecified atom stereocenters. The molecule has 0 aliphatic carbocycles. The van der Waals surface area contributed by atoms with E-state index < -0.39 is 0 Å². The number of benzene rings is 1. The number of hydrazone groups is 1. The summed E-state index contributed by atoms with van der Waals surface area (Å²) < 4.78 is 5.32. The van der Waals surface area contributed by atoms with Gasteiger partial charge in [-0.25, -0.2) is 5.43 Å². The van der Waals surface area contributed by atoms with Crippen molar-refractivity contribution in [2.45, 2.75) is 33.6 Å². The van der Waals surface area contributed by atoms with Gasteiger partial charge in [-0.05, 0) is 37.0 Å². The predicted octanol–water partition coefficient (Wildman–Crippen LogP) is 3.78. The maximum atomic E-state index is 11.9. The molecule has 2 rings (SSSR count). The maximum Gasteiger partial charge on any atom is 0.274 e. The third-order valence-corrected chi connectivity index (χ3v) is 3.27. The largest absolute Gasteiger partial charge is 0.466 e. The zero-order chi connectivity index (χ0) is 15.4. The number of carbonyl (C=O) groups excluding carboxylic acids is 1. The van der Waals surface area contributed by atoms with E-state index in [1.807, 2.05) is 19.1 Å². The summed E-state index contributed by atoms with van der Waals surface area (Å²) in [4.78, 5) is 11.9. The van der Waals surface area contributed by atoms with Crippen LogP contribution in [0.2, 0.25) is 0 Å². The van der Waals surface area contributed by atoms with Gasteiger partial charge in [0.05, 0.1) is 11.8 Å². The molecule has 0 aliphatic heterocycles. The van der Waals surface area contributed by atoms with Crippen molar-refractivity contribution in [2.75, 3.05) is 0 Å². The summed E-state index contributed by atoms with van der Waals surface area (Å²) in [6.07, 6.45) is 1.63. The molecule has 0 saturated carbocycles. The lowest BCUT2D eigenvalue weighted by Crippen LogP contribution is -2.17. The van der Waals surface area contributed by atoms with Crippen LogP contribution in [0, 0.1) is 13.8 Å². The molecule has 1 aromatic carbocycles. The fraction of sp³-hybridized carbons (Fsp3) is 0.294. The van der Waals surface area contributed by atoms with Crippen LogP contribution in [0.1, 0.15) is 52.8 Å². The van der Waals surface area contributed by atoms with Crippen LogP contribution in [0.15, 0.2) is 39.9 Å². The second-order valence-electron chi connectivity index (χ2n) is 5.35. The molecule has 2 aromatic rings. The van der Waals surface area contributed by atoms with Gasteiger partial charge in [0, 0.05) is 0 Å². The van der Waals surface area contributed by atoms with Crippen molar-refractivity contribution in [3.05, 3.63) is 58.5 Å². The van der Waals surface area contributed by atoms with E-state index in [4.69, 9.17) is 4.42 Å². The number of rotatable bonds is 4. The first-order valence-electron chi connectivity index (χ1n) is 6.97. The first-order chi connectivity index (χ1) is 9.97. The summed E-state index contributed by atoms with van der Waals surface area (Å²) >= 11 is 0. The summed E-state index contributed by atoms with van der Waals surface area (Å²) in [6, 6.07) is 9.81. The van der Waals surface area contributed by atoms with Crippen LogP contribution < -0.4 is 5.43 Å². The van der Waals surface area contributed by atoms with Crippen LogP contribution in [-0.2, 0) is 0 Å². The molecule has 4 heteroatoms. The molecular weight excluding hydrogens is 264 g/mol. The van der Waals surface area contributed by atoms with E-state index in [1.165, 1.54) is 5.56 Å². The molecule has 1 heterocycles.